The summed E-state index contributed by atoms with van der Waals surface area (Å²) >= 11 is 5.36. The minimum absolute atomic E-state index is 0.242. The minimum Gasteiger partial charge on any atom is -0.359 e. The predicted octanol–water partition coefficient (Wildman–Crippen LogP) is 2.36. The number of nitrogens with one attached hydrogen (secondary N) is 3. The summed E-state index contributed by atoms with van der Waals surface area (Å²) in [6, 6.07) is 17.3. The summed E-state index contributed by atoms with van der Waals surface area (Å²) < 4.78 is 12.9. The van der Waals surface area contributed by atoms with Gasteiger partial charge in [0.25, 0.3) is 0 Å². The molecule has 0 amide bonds. The summed E-state index contributed by atoms with van der Waals surface area (Å²) in [7, 11) is 0. The lowest BCUT2D eigenvalue weighted by atomic mass is 10.0. The quantitative estimate of drug-likeness (QED) is 0.744. The molecule has 3 nitrogen and oxygen atoms in total. The Kier molecular flexibility index (Phi) is 5.77. The van der Waals surface area contributed by atoms with Crippen LogP contribution in [0.25, 0.3) is 0 Å². The Morgan fingerprint density at radius 3 is 2.38 bits per heavy atom. The fourth-order valence-corrected chi connectivity index (χ4v) is 3.40. The van der Waals surface area contributed by atoms with E-state index in [0.29, 0.717) is 11.2 Å². The highest BCUT2D eigenvalue weighted by Gasteiger charge is 2.22. The van der Waals surface area contributed by atoms with Gasteiger partial charge in [-0.05, 0) is 36.5 Å². The van der Waals surface area contributed by atoms with Crippen molar-refractivity contribution in [2.45, 2.75) is 25.4 Å². The van der Waals surface area contributed by atoms with Crippen molar-refractivity contribution in [2.24, 2.45) is 0 Å². The van der Waals surface area contributed by atoms with Crippen LogP contribution < -0.4 is 15.5 Å². The third-order valence-electron chi connectivity index (χ3n) is 4.43. The molecule has 0 atom stereocenters. The first-order chi connectivity index (χ1) is 11.7. The maximum Gasteiger partial charge on any atom is 0.171 e. The molecular formula is C19H23FN3S+. The van der Waals surface area contributed by atoms with Crippen molar-refractivity contribution < 1.29 is 9.29 Å². The van der Waals surface area contributed by atoms with Gasteiger partial charge in [0.15, 0.2) is 5.11 Å². The highest BCUT2D eigenvalue weighted by molar-refractivity contribution is 7.80. The second-order valence-corrected chi connectivity index (χ2v) is 6.70. The van der Waals surface area contributed by atoms with E-state index in [-0.39, 0.29) is 5.82 Å². The summed E-state index contributed by atoms with van der Waals surface area (Å²) in [5.41, 5.74) is 2.20. The van der Waals surface area contributed by atoms with E-state index in [0.717, 1.165) is 38.2 Å². The van der Waals surface area contributed by atoms with Gasteiger partial charge in [-0.25, -0.2) is 4.39 Å². The molecule has 1 fully saturated rings. The van der Waals surface area contributed by atoms with Crippen molar-refractivity contribution in [1.29, 1.82) is 0 Å². The molecule has 1 saturated heterocycles. The Balaban J connectivity index is 1.41. The largest absolute Gasteiger partial charge is 0.359 e. The van der Waals surface area contributed by atoms with E-state index in [2.05, 4.69) is 41.0 Å². The number of piperidine rings is 1. The molecular weight excluding hydrogens is 321 g/mol. The molecule has 3 rings (SSSR count). The van der Waals surface area contributed by atoms with E-state index in [4.69, 9.17) is 12.2 Å². The predicted molar refractivity (Wildman–Crippen MR) is 99.6 cm³/mol. The number of anilines is 1. The first-order valence-electron chi connectivity index (χ1n) is 8.39. The zero-order chi connectivity index (χ0) is 16.8. The van der Waals surface area contributed by atoms with Crippen molar-refractivity contribution in [3.63, 3.8) is 0 Å². The summed E-state index contributed by atoms with van der Waals surface area (Å²) in [6.07, 6.45) is 2.21. The van der Waals surface area contributed by atoms with Gasteiger partial charge in [0.1, 0.15) is 12.4 Å². The van der Waals surface area contributed by atoms with Crippen LogP contribution in [-0.4, -0.2) is 24.2 Å². The standard InChI is InChI=1S/C19H22FN3S/c20-16-6-8-17(9-7-16)21-19(24)22-18-10-12-23(13-11-18)14-15-4-2-1-3-5-15/h1-9,18H,10-14H2,(H2,21,22,24)/p+1. The highest BCUT2D eigenvalue weighted by Crippen LogP contribution is 2.09. The molecule has 2 aromatic carbocycles. The van der Waals surface area contributed by atoms with Crippen LogP contribution in [0.3, 0.4) is 0 Å². The number of thiocarbonyl (C=S) groups is 1. The molecule has 0 bridgehead atoms. The molecule has 2 aromatic rings. The lowest BCUT2D eigenvalue weighted by Crippen LogP contribution is -3.12. The maximum absolute atomic E-state index is 12.9. The fraction of sp³-hybridized carbons (Fsp3) is 0.316. The first-order valence-corrected chi connectivity index (χ1v) is 8.80. The van der Waals surface area contributed by atoms with Gasteiger partial charge in [-0.15, -0.1) is 0 Å². The molecule has 0 radical (unpaired) electrons. The SMILES string of the molecule is Fc1ccc(NC(=S)NC2CC[NH+](Cc3ccccc3)CC2)cc1. The van der Waals surface area contributed by atoms with Crippen LogP contribution in [0.15, 0.2) is 54.6 Å². The molecule has 1 heterocycles. The van der Waals surface area contributed by atoms with Gasteiger partial charge in [0.2, 0.25) is 0 Å². The Bertz CT molecular complexity index is 652. The molecule has 1 aliphatic heterocycles. The number of halogens is 1. The van der Waals surface area contributed by atoms with Crippen molar-refractivity contribution in [3.05, 3.63) is 66.0 Å². The summed E-state index contributed by atoms with van der Waals surface area (Å²) in [4.78, 5) is 1.62. The number of quaternary nitrogens is 1. The van der Waals surface area contributed by atoms with Gasteiger partial charge in [-0.2, -0.15) is 0 Å². The average Bonchev–Trinajstić information content (AvgIpc) is 2.60. The van der Waals surface area contributed by atoms with E-state index in [1.165, 1.54) is 17.7 Å². The van der Waals surface area contributed by atoms with Gasteiger partial charge in [0, 0.05) is 30.1 Å². The van der Waals surface area contributed by atoms with Crippen LogP contribution in [0.5, 0.6) is 0 Å². The molecule has 0 aliphatic carbocycles. The molecule has 0 unspecified atom stereocenters. The molecule has 126 valence electrons. The van der Waals surface area contributed by atoms with E-state index in [1.807, 2.05) is 0 Å². The third kappa shape index (κ3) is 5.01. The number of likely N-dealkylation sites (tertiary alicyclic amines) is 1. The molecule has 1 aliphatic rings. The normalized spacial score (nSPS) is 20.4. The molecule has 5 heteroatoms. The Morgan fingerprint density at radius 2 is 1.71 bits per heavy atom. The Hall–Kier alpha value is -1.98. The molecule has 0 aromatic heterocycles. The topological polar surface area (TPSA) is 28.5 Å². The second-order valence-electron chi connectivity index (χ2n) is 6.29. The molecule has 0 spiro atoms. The van der Waals surface area contributed by atoms with Gasteiger partial charge in [-0.1, -0.05) is 30.3 Å². The van der Waals surface area contributed by atoms with Crippen LogP contribution in [-0.2, 0) is 6.54 Å². The first kappa shape index (κ1) is 16.9. The van der Waals surface area contributed by atoms with Crippen LogP contribution in [0.4, 0.5) is 10.1 Å². The van der Waals surface area contributed by atoms with Crippen molar-refractivity contribution >= 4 is 23.0 Å². The summed E-state index contributed by atoms with van der Waals surface area (Å²) in [6.45, 7) is 3.38. The van der Waals surface area contributed by atoms with Crippen molar-refractivity contribution in [2.75, 3.05) is 18.4 Å². The number of benzene rings is 2. The van der Waals surface area contributed by atoms with E-state index in [1.54, 1.807) is 17.0 Å². The lowest BCUT2D eigenvalue weighted by molar-refractivity contribution is -0.918. The summed E-state index contributed by atoms with van der Waals surface area (Å²) in [5.74, 6) is -0.242. The van der Waals surface area contributed by atoms with Crippen molar-refractivity contribution in [3.8, 4) is 0 Å². The van der Waals surface area contributed by atoms with Crippen LogP contribution in [0.2, 0.25) is 0 Å². The van der Waals surface area contributed by atoms with Gasteiger partial charge in [-0.3, -0.25) is 0 Å². The van der Waals surface area contributed by atoms with E-state index < -0.39 is 0 Å². The summed E-state index contributed by atoms with van der Waals surface area (Å²) in [5, 5.41) is 7.10. The molecule has 3 N–H and O–H groups in total. The van der Waals surface area contributed by atoms with Gasteiger partial charge in [0.05, 0.1) is 13.1 Å². The number of hydrogen-bond acceptors (Lipinski definition) is 1. The minimum atomic E-state index is -0.242. The molecule has 0 saturated carbocycles. The third-order valence-corrected chi connectivity index (χ3v) is 4.65. The number of rotatable bonds is 4. The van der Waals surface area contributed by atoms with Crippen molar-refractivity contribution in [1.82, 2.24) is 5.32 Å². The van der Waals surface area contributed by atoms with Gasteiger partial charge < -0.3 is 15.5 Å². The Morgan fingerprint density at radius 1 is 1.04 bits per heavy atom. The van der Waals surface area contributed by atoms with E-state index >= 15 is 0 Å². The molecule has 24 heavy (non-hydrogen) atoms. The second kappa shape index (κ2) is 8.22. The monoisotopic (exact) mass is 344 g/mol. The zero-order valence-corrected chi connectivity index (χ0v) is 14.4. The Labute approximate surface area is 147 Å². The van der Waals surface area contributed by atoms with Crippen LogP contribution in [0, 0.1) is 5.82 Å². The number of hydrogen-bond donors (Lipinski definition) is 3. The van der Waals surface area contributed by atoms with E-state index in [9.17, 15) is 4.39 Å². The smallest absolute Gasteiger partial charge is 0.171 e. The highest BCUT2D eigenvalue weighted by atomic mass is 32.1. The fourth-order valence-electron chi connectivity index (χ4n) is 3.12. The van der Waals surface area contributed by atoms with Crippen LogP contribution >= 0.6 is 12.2 Å². The maximum atomic E-state index is 12.9. The lowest BCUT2D eigenvalue weighted by Gasteiger charge is -2.30. The zero-order valence-electron chi connectivity index (χ0n) is 13.6. The van der Waals surface area contributed by atoms with Gasteiger partial charge >= 0.3 is 0 Å². The van der Waals surface area contributed by atoms with Crippen LogP contribution in [0.1, 0.15) is 18.4 Å². The average molecular weight is 344 g/mol.